The molecule has 1 aliphatic rings. The van der Waals surface area contributed by atoms with Gasteiger partial charge < -0.3 is 30.3 Å². The van der Waals surface area contributed by atoms with Crippen LogP contribution in [-0.4, -0.2) is 25.7 Å². The second kappa shape index (κ2) is 6.95. The van der Waals surface area contributed by atoms with E-state index >= 15 is 0 Å². The highest BCUT2D eigenvalue weighted by molar-refractivity contribution is 5.89. The summed E-state index contributed by atoms with van der Waals surface area (Å²) < 4.78 is 15.9. The Hall–Kier alpha value is -3.16. The standard InChI is InChI=1S/C16H18N4O4/c1-18-16(20-8-11-3-5-13(24-11)15(17)21)19-7-10-2-4-12-14(6-10)23-9-22-12/h2-6H,7-9H2,1H3,(H2,17,21)(H2,18,19,20). The van der Waals surface area contributed by atoms with Crippen molar-refractivity contribution in [3.63, 3.8) is 0 Å². The summed E-state index contributed by atoms with van der Waals surface area (Å²) in [5, 5.41) is 6.28. The van der Waals surface area contributed by atoms with Crippen LogP contribution in [0.25, 0.3) is 0 Å². The van der Waals surface area contributed by atoms with Gasteiger partial charge in [-0.25, -0.2) is 0 Å². The van der Waals surface area contributed by atoms with Crippen LogP contribution < -0.4 is 25.8 Å². The van der Waals surface area contributed by atoms with Crippen molar-refractivity contribution in [2.75, 3.05) is 13.8 Å². The van der Waals surface area contributed by atoms with Crippen molar-refractivity contribution < 1.29 is 18.7 Å². The van der Waals surface area contributed by atoms with Crippen molar-refractivity contribution in [1.29, 1.82) is 0 Å². The van der Waals surface area contributed by atoms with Crippen LogP contribution in [-0.2, 0) is 13.1 Å². The third-order valence-corrected chi connectivity index (χ3v) is 3.46. The minimum absolute atomic E-state index is 0.134. The van der Waals surface area contributed by atoms with Crippen LogP contribution in [0.15, 0.2) is 39.7 Å². The highest BCUT2D eigenvalue weighted by atomic mass is 16.7. The molecular weight excluding hydrogens is 312 g/mol. The Balaban J connectivity index is 1.52. The fraction of sp³-hybridized carbons (Fsp3) is 0.250. The third kappa shape index (κ3) is 3.60. The summed E-state index contributed by atoms with van der Waals surface area (Å²) in [5.41, 5.74) is 6.19. The van der Waals surface area contributed by atoms with E-state index in [4.69, 9.17) is 19.6 Å². The molecular formula is C16H18N4O4. The van der Waals surface area contributed by atoms with Gasteiger partial charge in [0.2, 0.25) is 6.79 Å². The molecule has 1 aromatic carbocycles. The molecule has 0 radical (unpaired) electrons. The number of hydrogen-bond acceptors (Lipinski definition) is 5. The molecule has 3 rings (SSSR count). The smallest absolute Gasteiger partial charge is 0.284 e. The van der Waals surface area contributed by atoms with Crippen molar-refractivity contribution >= 4 is 11.9 Å². The van der Waals surface area contributed by atoms with Gasteiger partial charge >= 0.3 is 0 Å². The van der Waals surface area contributed by atoms with Crippen molar-refractivity contribution in [2.24, 2.45) is 10.7 Å². The van der Waals surface area contributed by atoms with Gasteiger partial charge in [0.15, 0.2) is 23.2 Å². The van der Waals surface area contributed by atoms with Crippen LogP contribution in [0.1, 0.15) is 21.9 Å². The van der Waals surface area contributed by atoms with Crippen molar-refractivity contribution in [3.05, 3.63) is 47.4 Å². The molecule has 0 unspecified atom stereocenters. The Morgan fingerprint density at radius 1 is 1.17 bits per heavy atom. The first-order valence-electron chi connectivity index (χ1n) is 7.37. The lowest BCUT2D eigenvalue weighted by Crippen LogP contribution is -2.36. The Bertz CT molecular complexity index is 769. The summed E-state index contributed by atoms with van der Waals surface area (Å²) in [5.74, 6) is 2.23. The Labute approximate surface area is 138 Å². The molecule has 1 aliphatic heterocycles. The van der Waals surface area contributed by atoms with Crippen molar-refractivity contribution in [2.45, 2.75) is 13.1 Å². The fourth-order valence-corrected chi connectivity index (χ4v) is 2.23. The van der Waals surface area contributed by atoms with E-state index in [-0.39, 0.29) is 12.6 Å². The zero-order valence-electron chi connectivity index (χ0n) is 13.2. The highest BCUT2D eigenvalue weighted by Gasteiger charge is 2.13. The largest absolute Gasteiger partial charge is 0.454 e. The molecule has 2 aromatic rings. The van der Waals surface area contributed by atoms with Crippen LogP contribution in [0, 0.1) is 0 Å². The number of fused-ring (bicyclic) bond motifs is 1. The van der Waals surface area contributed by atoms with E-state index in [9.17, 15) is 4.79 Å². The van der Waals surface area contributed by atoms with E-state index in [1.807, 2.05) is 18.2 Å². The van der Waals surface area contributed by atoms with Gasteiger partial charge in [-0.1, -0.05) is 6.07 Å². The molecule has 0 fully saturated rings. The number of carbonyl (C=O) groups excluding carboxylic acids is 1. The average Bonchev–Trinajstić information content (AvgIpc) is 3.23. The van der Waals surface area contributed by atoms with E-state index in [2.05, 4.69) is 15.6 Å². The van der Waals surface area contributed by atoms with Gasteiger partial charge in [0.05, 0.1) is 6.54 Å². The summed E-state index contributed by atoms with van der Waals surface area (Å²) >= 11 is 0. The SMILES string of the molecule is CN=C(NCc1ccc2c(c1)OCO2)NCc1ccc(C(N)=O)o1. The molecule has 0 spiro atoms. The van der Waals surface area contributed by atoms with Crippen LogP contribution >= 0.6 is 0 Å². The first-order chi connectivity index (χ1) is 11.7. The average molecular weight is 330 g/mol. The number of ether oxygens (including phenoxy) is 2. The molecule has 0 bridgehead atoms. The van der Waals surface area contributed by atoms with Gasteiger partial charge in [-0.3, -0.25) is 9.79 Å². The van der Waals surface area contributed by atoms with Gasteiger partial charge in [0.25, 0.3) is 5.91 Å². The van der Waals surface area contributed by atoms with E-state index in [1.54, 1.807) is 19.2 Å². The predicted molar refractivity (Wildman–Crippen MR) is 86.8 cm³/mol. The van der Waals surface area contributed by atoms with Crippen molar-refractivity contribution in [1.82, 2.24) is 10.6 Å². The molecule has 24 heavy (non-hydrogen) atoms. The van der Waals surface area contributed by atoms with Crippen LogP contribution in [0.5, 0.6) is 11.5 Å². The summed E-state index contributed by atoms with van der Waals surface area (Å²) in [6.45, 7) is 1.21. The zero-order valence-corrected chi connectivity index (χ0v) is 13.2. The molecule has 0 saturated carbocycles. The molecule has 0 aliphatic carbocycles. The normalized spacial score (nSPS) is 13.0. The van der Waals surface area contributed by atoms with Crippen molar-refractivity contribution in [3.8, 4) is 11.5 Å². The highest BCUT2D eigenvalue weighted by Crippen LogP contribution is 2.32. The number of amides is 1. The van der Waals surface area contributed by atoms with Crippen LogP contribution in [0.2, 0.25) is 0 Å². The minimum Gasteiger partial charge on any atom is -0.454 e. The first-order valence-corrected chi connectivity index (χ1v) is 7.37. The predicted octanol–water partition coefficient (Wildman–Crippen LogP) is 0.972. The van der Waals surface area contributed by atoms with E-state index < -0.39 is 5.91 Å². The van der Waals surface area contributed by atoms with Crippen LogP contribution in [0.3, 0.4) is 0 Å². The molecule has 4 N–H and O–H groups in total. The number of furan rings is 1. The molecule has 8 nitrogen and oxygen atoms in total. The van der Waals surface area contributed by atoms with Gasteiger partial charge in [0, 0.05) is 13.6 Å². The second-order valence-electron chi connectivity index (χ2n) is 5.10. The number of nitrogens with two attached hydrogens (primary N) is 1. The van der Waals surface area contributed by atoms with Gasteiger partial charge in [0.1, 0.15) is 5.76 Å². The number of rotatable bonds is 5. The number of guanidine groups is 1. The lowest BCUT2D eigenvalue weighted by Gasteiger charge is -2.11. The molecule has 126 valence electrons. The number of nitrogens with one attached hydrogen (secondary N) is 2. The summed E-state index contributed by atoms with van der Waals surface area (Å²) in [6.07, 6.45) is 0. The second-order valence-corrected chi connectivity index (χ2v) is 5.10. The maximum Gasteiger partial charge on any atom is 0.284 e. The van der Waals surface area contributed by atoms with E-state index in [1.165, 1.54) is 0 Å². The molecule has 2 heterocycles. The molecule has 0 atom stereocenters. The number of nitrogens with zero attached hydrogens (tertiary/aromatic N) is 1. The molecule has 1 amide bonds. The Morgan fingerprint density at radius 2 is 1.96 bits per heavy atom. The summed E-state index contributed by atoms with van der Waals surface area (Å²) in [7, 11) is 1.67. The zero-order chi connectivity index (χ0) is 16.9. The number of carbonyl (C=O) groups is 1. The van der Waals surface area contributed by atoms with Gasteiger partial charge in [-0.2, -0.15) is 0 Å². The monoisotopic (exact) mass is 330 g/mol. The number of primary amides is 1. The number of hydrogen-bond donors (Lipinski definition) is 3. The fourth-order valence-electron chi connectivity index (χ4n) is 2.23. The first kappa shape index (κ1) is 15.7. The quantitative estimate of drug-likeness (QED) is 0.556. The maximum absolute atomic E-state index is 11.0. The number of benzene rings is 1. The van der Waals surface area contributed by atoms with Crippen LogP contribution in [0.4, 0.5) is 0 Å². The topological polar surface area (TPSA) is 111 Å². The molecule has 1 aromatic heterocycles. The third-order valence-electron chi connectivity index (χ3n) is 3.46. The Kier molecular flexibility index (Phi) is 4.55. The van der Waals surface area contributed by atoms with Gasteiger partial charge in [-0.05, 0) is 29.8 Å². The lowest BCUT2D eigenvalue weighted by atomic mass is 10.2. The van der Waals surface area contributed by atoms with E-state index in [0.717, 1.165) is 17.1 Å². The lowest BCUT2D eigenvalue weighted by molar-refractivity contribution is 0.0972. The van der Waals surface area contributed by atoms with Gasteiger partial charge in [-0.15, -0.1) is 0 Å². The minimum atomic E-state index is -0.591. The maximum atomic E-state index is 11.0. The molecule has 0 saturated heterocycles. The Morgan fingerprint density at radius 3 is 2.71 bits per heavy atom. The molecule has 8 heteroatoms. The summed E-state index contributed by atoms with van der Waals surface area (Å²) in [6, 6.07) is 9.00. The van der Waals surface area contributed by atoms with E-state index in [0.29, 0.717) is 24.8 Å². The summed E-state index contributed by atoms with van der Waals surface area (Å²) in [4.78, 5) is 15.1. The number of aliphatic imine (C=N–C) groups is 1.